The molecule has 0 unspecified atom stereocenters. The molecule has 0 saturated carbocycles. The Morgan fingerprint density at radius 1 is 0.920 bits per heavy atom. The van der Waals surface area contributed by atoms with Crippen molar-refractivity contribution in [1.82, 2.24) is 35.3 Å². The summed E-state index contributed by atoms with van der Waals surface area (Å²) in [4.78, 5) is 22.5. The summed E-state index contributed by atoms with van der Waals surface area (Å²) < 4.78 is 0. The van der Waals surface area contributed by atoms with Crippen molar-refractivity contribution >= 4 is 69.1 Å². The van der Waals surface area contributed by atoms with Gasteiger partial charge in [0.1, 0.15) is 5.69 Å². The molecule has 0 aromatic carbocycles. The predicted molar refractivity (Wildman–Crippen MR) is 89.5 cm³/mol. The smallest absolute Gasteiger partial charge is 0.444 e. The van der Waals surface area contributed by atoms with Gasteiger partial charge in [-0.3, -0.25) is 0 Å². The molecule has 3 aromatic heterocycles. The first-order valence-corrected chi connectivity index (χ1v) is 6.89. The predicted octanol–water partition coefficient (Wildman–Crippen LogP) is -0.743. The average Bonchev–Trinajstić information content (AvgIpc) is 2.94. The number of nitrogens with zero attached hydrogens (tertiary/aromatic N) is 7. The minimum atomic E-state index is -0.00306. The zero-order chi connectivity index (χ0) is 18.3. The summed E-state index contributed by atoms with van der Waals surface area (Å²) in [5.41, 5.74) is 11.5. The zero-order valence-corrected chi connectivity index (χ0v) is 17.1. The van der Waals surface area contributed by atoms with Crippen LogP contribution >= 0.6 is 46.4 Å². The van der Waals surface area contributed by atoms with Crippen LogP contribution in [0, 0.1) is 10.1 Å². The molecule has 0 spiro atoms. The zero-order valence-electron chi connectivity index (χ0n) is 12.1. The van der Waals surface area contributed by atoms with Gasteiger partial charge in [0.05, 0.1) is 0 Å². The number of aromatic amines is 1. The molecule has 0 atom stereocenters. The van der Waals surface area contributed by atoms with E-state index in [1.807, 2.05) is 0 Å². The first-order valence-electron chi connectivity index (χ1n) is 5.38. The molecule has 0 fully saturated rings. The Kier molecular flexibility index (Phi) is 10.8. The largest absolute Gasteiger partial charge is 1.00 e. The molecular weight excluding hydrogens is 433 g/mol. The second kappa shape index (κ2) is 11.4. The van der Waals surface area contributed by atoms with Gasteiger partial charge in [-0.2, -0.15) is 20.3 Å². The van der Waals surface area contributed by atoms with Crippen LogP contribution in [0.3, 0.4) is 0 Å². The van der Waals surface area contributed by atoms with Crippen LogP contribution in [0.5, 0.6) is 0 Å². The van der Waals surface area contributed by atoms with Crippen molar-refractivity contribution in [2.24, 2.45) is 5.34 Å². The van der Waals surface area contributed by atoms with Crippen LogP contribution in [0.2, 0.25) is 20.9 Å². The van der Waals surface area contributed by atoms with Crippen LogP contribution in [0.4, 0.5) is 11.5 Å². The van der Waals surface area contributed by atoms with Crippen molar-refractivity contribution in [3.8, 4) is 0 Å². The van der Waals surface area contributed by atoms with Crippen molar-refractivity contribution in [3.63, 3.8) is 0 Å². The SMILES string of the molecule is Clc1nc(Cl)c2n[nH]nc2n1.Nc1nc(Cl)nc(Cl)c1N.O=N[O-].[Na+]. The van der Waals surface area contributed by atoms with Crippen LogP contribution in [-0.4, -0.2) is 35.3 Å². The van der Waals surface area contributed by atoms with Crippen molar-refractivity contribution in [3.05, 3.63) is 31.0 Å². The van der Waals surface area contributed by atoms with Crippen LogP contribution in [0.25, 0.3) is 11.2 Å². The topological polar surface area (TPSA) is 198 Å². The Morgan fingerprint density at radius 3 is 2.00 bits per heavy atom. The number of nitrogen functional groups attached to an aromatic ring is 2. The van der Waals surface area contributed by atoms with Gasteiger partial charge in [-0.05, 0) is 23.2 Å². The monoisotopic (exact) mass is 436 g/mol. The number of hydrogen-bond acceptors (Lipinski definition) is 11. The molecule has 0 bridgehead atoms. The van der Waals surface area contributed by atoms with E-state index in [9.17, 15) is 0 Å². The number of H-pyrrole nitrogens is 1. The second-order valence-electron chi connectivity index (χ2n) is 3.44. The van der Waals surface area contributed by atoms with Gasteiger partial charge in [0.2, 0.25) is 16.2 Å². The average molecular weight is 438 g/mol. The number of aromatic nitrogens is 7. The molecule has 12 nitrogen and oxygen atoms in total. The fourth-order valence-electron chi connectivity index (χ4n) is 1.12. The van der Waals surface area contributed by atoms with E-state index in [1.165, 1.54) is 0 Å². The van der Waals surface area contributed by atoms with Crippen molar-refractivity contribution in [2.75, 3.05) is 11.5 Å². The van der Waals surface area contributed by atoms with Gasteiger partial charge >= 0.3 is 29.6 Å². The second-order valence-corrected chi connectivity index (χ2v) is 4.83. The minimum absolute atomic E-state index is 0. The molecule has 0 amide bonds. The third kappa shape index (κ3) is 7.23. The van der Waals surface area contributed by atoms with Gasteiger partial charge in [0.25, 0.3) is 0 Å². The van der Waals surface area contributed by atoms with Crippen LogP contribution < -0.4 is 41.0 Å². The summed E-state index contributed by atoms with van der Waals surface area (Å²) >= 11 is 22.0. The fraction of sp³-hybridized carbons (Fsp3) is 0. The van der Waals surface area contributed by atoms with Gasteiger partial charge in [-0.1, -0.05) is 23.2 Å². The van der Waals surface area contributed by atoms with Gasteiger partial charge in [-0.25, -0.2) is 9.97 Å². The third-order valence-corrected chi connectivity index (χ3v) is 2.90. The van der Waals surface area contributed by atoms with Gasteiger partial charge in [0, 0.05) is 0 Å². The van der Waals surface area contributed by atoms with Crippen LogP contribution in [-0.2, 0) is 0 Å². The molecule has 128 valence electrons. The Hall–Kier alpha value is -1.28. The molecule has 0 aliphatic rings. The fourth-order valence-corrected chi connectivity index (χ4v) is 1.93. The molecule has 3 aromatic rings. The Morgan fingerprint density at radius 2 is 1.44 bits per heavy atom. The number of nitrogens with two attached hydrogens (primary N) is 2. The van der Waals surface area contributed by atoms with Crippen molar-refractivity contribution in [1.29, 1.82) is 0 Å². The van der Waals surface area contributed by atoms with Crippen LogP contribution in [0.1, 0.15) is 0 Å². The number of rotatable bonds is 0. The molecule has 0 radical (unpaired) electrons. The maximum atomic E-state index is 8.00. The molecule has 0 aliphatic heterocycles. The normalized spacial score (nSPS) is 9.12. The first-order chi connectivity index (χ1) is 11.3. The van der Waals surface area contributed by atoms with E-state index in [0.29, 0.717) is 11.2 Å². The summed E-state index contributed by atoms with van der Waals surface area (Å²) in [6.45, 7) is 0. The number of nitrogens with one attached hydrogen (secondary N) is 1. The molecule has 0 aliphatic carbocycles. The number of hydrogen-bond donors (Lipinski definition) is 3. The van der Waals surface area contributed by atoms with E-state index in [-0.39, 0.29) is 61.9 Å². The number of anilines is 2. The summed E-state index contributed by atoms with van der Waals surface area (Å²) in [5, 5.41) is 19.1. The molecule has 5 N–H and O–H groups in total. The standard InChI is InChI=1S/C4HCl2N5.C4H4Cl2N4.HNO2.Na/c5-2-1-3(10-11-9-1)8-4(6)7-2;5-2-1(7)3(8)10-4(6)9-2;2-1-3;/h(H,7,8,9,10,11);7H2,(H2,8,9,10);(H,2,3);/q;;;+1/p-1. The van der Waals surface area contributed by atoms with Crippen molar-refractivity contribution < 1.29 is 29.6 Å². The quantitative estimate of drug-likeness (QED) is 0.132. The number of halogens is 4. The first kappa shape index (κ1) is 23.7. The van der Waals surface area contributed by atoms with Gasteiger partial charge < -0.3 is 21.6 Å². The Balaban J connectivity index is 0.000000388. The van der Waals surface area contributed by atoms with Crippen LogP contribution in [0.15, 0.2) is 5.34 Å². The molecule has 0 saturated heterocycles. The van der Waals surface area contributed by atoms with E-state index < -0.39 is 0 Å². The Labute approximate surface area is 180 Å². The van der Waals surface area contributed by atoms with Crippen molar-refractivity contribution in [2.45, 2.75) is 0 Å². The molecule has 25 heavy (non-hydrogen) atoms. The maximum Gasteiger partial charge on any atom is 1.00 e. The molecule has 3 heterocycles. The minimum Gasteiger partial charge on any atom is -0.444 e. The number of fused-ring (bicyclic) bond motifs is 1. The third-order valence-electron chi connectivity index (χ3n) is 2.01. The summed E-state index contributed by atoms with van der Waals surface area (Å²) in [5.74, 6) is 0.102. The van der Waals surface area contributed by atoms with E-state index >= 15 is 0 Å². The van der Waals surface area contributed by atoms with E-state index in [2.05, 4.69) is 35.3 Å². The summed E-state index contributed by atoms with van der Waals surface area (Å²) in [6.07, 6.45) is 0. The van der Waals surface area contributed by atoms with Gasteiger partial charge in [-0.15, -0.1) is 10.4 Å². The van der Waals surface area contributed by atoms with Gasteiger partial charge in [0.15, 0.2) is 21.6 Å². The van der Waals surface area contributed by atoms with E-state index in [1.54, 1.807) is 0 Å². The summed E-state index contributed by atoms with van der Waals surface area (Å²) in [7, 11) is 0. The van der Waals surface area contributed by atoms with E-state index in [0.717, 1.165) is 5.34 Å². The Bertz CT molecular complexity index is 826. The maximum absolute atomic E-state index is 8.00. The summed E-state index contributed by atoms with van der Waals surface area (Å²) in [6, 6.07) is 0. The molecule has 3 rings (SSSR count). The molecule has 17 heteroatoms. The van der Waals surface area contributed by atoms with E-state index in [4.69, 9.17) is 68.0 Å². The molecular formula is C8H5Cl4N10NaO2.